The van der Waals surface area contributed by atoms with Gasteiger partial charge in [0.25, 0.3) is 0 Å². The van der Waals surface area contributed by atoms with Gasteiger partial charge in [-0.25, -0.2) is 9.31 Å². The smallest absolute Gasteiger partial charge is 0.410 e. The van der Waals surface area contributed by atoms with Gasteiger partial charge >= 0.3 is 6.09 Å². The van der Waals surface area contributed by atoms with Gasteiger partial charge in [-0.1, -0.05) is 6.92 Å². The van der Waals surface area contributed by atoms with Gasteiger partial charge in [-0.15, -0.1) is 0 Å². The van der Waals surface area contributed by atoms with Crippen molar-refractivity contribution in [1.29, 1.82) is 0 Å². The van der Waals surface area contributed by atoms with Crippen molar-refractivity contribution < 1.29 is 9.53 Å². The first-order chi connectivity index (χ1) is 11.7. The Balaban J connectivity index is 1.63. The molecule has 2 aromatic heterocycles. The number of amides is 1. The summed E-state index contributed by atoms with van der Waals surface area (Å²) in [5, 5.41) is 4.34. The highest BCUT2D eigenvalue weighted by molar-refractivity contribution is 14.1. The van der Waals surface area contributed by atoms with E-state index in [2.05, 4.69) is 46.7 Å². The third-order valence-corrected chi connectivity index (χ3v) is 5.75. The Bertz CT molecular complexity index is 758. The quantitative estimate of drug-likeness (QED) is 0.618. The molecule has 1 atom stereocenters. The largest absolute Gasteiger partial charge is 0.444 e. The number of hydrogen-bond donors (Lipinski definition) is 0. The summed E-state index contributed by atoms with van der Waals surface area (Å²) in [5.41, 5.74) is 2.08. The Morgan fingerprint density at radius 2 is 2.04 bits per heavy atom. The van der Waals surface area contributed by atoms with Crippen molar-refractivity contribution in [2.75, 3.05) is 13.1 Å². The van der Waals surface area contributed by atoms with Crippen molar-refractivity contribution in [3.63, 3.8) is 0 Å². The molecule has 1 amide bonds. The van der Waals surface area contributed by atoms with Gasteiger partial charge in [0.1, 0.15) is 5.60 Å². The SMILES string of the molecule is CC(c1ccn2ncc(I)c2c1)C1CCN(C(=O)OC(C)(C)C)CC1. The van der Waals surface area contributed by atoms with Crippen LogP contribution in [-0.2, 0) is 4.74 Å². The molecule has 1 fully saturated rings. The van der Waals surface area contributed by atoms with Gasteiger partial charge in [-0.05, 0) is 85.7 Å². The molecule has 136 valence electrons. The van der Waals surface area contributed by atoms with Crippen LogP contribution in [0.5, 0.6) is 0 Å². The Hall–Kier alpha value is -1.31. The molecule has 0 aromatic carbocycles. The average Bonchev–Trinajstić information content (AvgIpc) is 2.93. The van der Waals surface area contributed by atoms with Crippen LogP contribution in [0.3, 0.4) is 0 Å². The molecule has 1 unspecified atom stereocenters. The summed E-state index contributed by atoms with van der Waals surface area (Å²) in [6.07, 6.45) is 5.78. The van der Waals surface area contributed by atoms with Crippen molar-refractivity contribution in [1.82, 2.24) is 14.5 Å². The first-order valence-electron chi connectivity index (χ1n) is 8.85. The van der Waals surface area contributed by atoms with Crippen LogP contribution < -0.4 is 0 Å². The Labute approximate surface area is 162 Å². The molecule has 0 N–H and O–H groups in total. The summed E-state index contributed by atoms with van der Waals surface area (Å²) in [4.78, 5) is 14.1. The van der Waals surface area contributed by atoms with Gasteiger partial charge in [0.15, 0.2) is 0 Å². The minimum Gasteiger partial charge on any atom is -0.444 e. The molecule has 1 saturated heterocycles. The highest BCUT2D eigenvalue weighted by atomic mass is 127. The van der Waals surface area contributed by atoms with Gasteiger partial charge in [0.05, 0.1) is 15.3 Å². The number of nitrogens with zero attached hydrogens (tertiary/aromatic N) is 3. The van der Waals surface area contributed by atoms with Crippen LogP contribution in [0.4, 0.5) is 4.79 Å². The lowest BCUT2D eigenvalue weighted by atomic mass is 9.81. The molecular weight excluding hydrogens is 429 g/mol. The molecule has 1 aliphatic heterocycles. The van der Waals surface area contributed by atoms with Crippen molar-refractivity contribution in [3.8, 4) is 0 Å². The van der Waals surface area contributed by atoms with Crippen molar-refractivity contribution in [3.05, 3.63) is 33.7 Å². The first-order valence-corrected chi connectivity index (χ1v) is 9.93. The third-order valence-electron chi connectivity index (χ3n) is 4.92. The standard InChI is InChI=1S/C19H26IN3O2/c1-13(15-7-10-23-17(11-15)16(20)12-21-23)14-5-8-22(9-6-14)18(24)25-19(2,3)4/h7,10-14H,5-6,8-9H2,1-4H3. The van der Waals surface area contributed by atoms with Gasteiger partial charge < -0.3 is 9.64 Å². The summed E-state index contributed by atoms with van der Waals surface area (Å²) in [6, 6.07) is 4.42. The lowest BCUT2D eigenvalue weighted by molar-refractivity contribution is 0.0176. The molecule has 0 radical (unpaired) electrons. The van der Waals surface area contributed by atoms with Crippen LogP contribution in [0.1, 0.15) is 52.0 Å². The van der Waals surface area contributed by atoms with Crippen LogP contribution in [-0.4, -0.2) is 39.3 Å². The van der Waals surface area contributed by atoms with E-state index in [9.17, 15) is 4.79 Å². The van der Waals surface area contributed by atoms with E-state index in [1.807, 2.05) is 42.6 Å². The van der Waals surface area contributed by atoms with Crippen molar-refractivity contribution in [2.45, 2.75) is 52.1 Å². The number of hydrogen-bond acceptors (Lipinski definition) is 3. The molecule has 25 heavy (non-hydrogen) atoms. The van der Waals surface area contributed by atoms with E-state index in [0.29, 0.717) is 11.8 Å². The number of likely N-dealkylation sites (tertiary alicyclic amines) is 1. The van der Waals surface area contributed by atoms with Crippen molar-refractivity contribution >= 4 is 34.2 Å². The Kier molecular flexibility index (Phi) is 5.27. The monoisotopic (exact) mass is 455 g/mol. The fraction of sp³-hybridized carbons (Fsp3) is 0.579. The molecule has 2 aromatic rings. The number of halogens is 1. The molecule has 0 spiro atoms. The zero-order valence-corrected chi connectivity index (χ0v) is 17.5. The second kappa shape index (κ2) is 7.13. The van der Waals surface area contributed by atoms with Gasteiger partial charge in [-0.3, -0.25) is 0 Å². The molecular formula is C19H26IN3O2. The van der Waals surface area contributed by atoms with E-state index in [1.165, 1.54) is 9.13 Å². The first kappa shape index (κ1) is 18.5. The molecule has 5 nitrogen and oxygen atoms in total. The molecule has 0 saturated carbocycles. The van der Waals surface area contributed by atoms with Crippen molar-refractivity contribution in [2.24, 2.45) is 5.92 Å². The van der Waals surface area contributed by atoms with Crippen LogP contribution in [0.2, 0.25) is 0 Å². The number of carbonyl (C=O) groups excluding carboxylic acids is 1. The maximum absolute atomic E-state index is 12.2. The summed E-state index contributed by atoms with van der Waals surface area (Å²) in [7, 11) is 0. The minimum absolute atomic E-state index is 0.186. The molecule has 6 heteroatoms. The fourth-order valence-electron chi connectivity index (χ4n) is 3.43. The second-order valence-corrected chi connectivity index (χ2v) is 9.04. The summed E-state index contributed by atoms with van der Waals surface area (Å²) in [6.45, 7) is 9.57. The van der Waals surface area contributed by atoms with Gasteiger partial charge in [0.2, 0.25) is 0 Å². The molecule has 3 rings (SSSR count). The van der Waals surface area contributed by atoms with E-state index < -0.39 is 5.60 Å². The summed E-state index contributed by atoms with van der Waals surface area (Å²) >= 11 is 2.33. The van der Waals surface area contributed by atoms with E-state index in [0.717, 1.165) is 31.4 Å². The Morgan fingerprint density at radius 1 is 1.36 bits per heavy atom. The van der Waals surface area contributed by atoms with E-state index in [-0.39, 0.29) is 6.09 Å². The fourth-order valence-corrected chi connectivity index (χ4v) is 3.96. The van der Waals surface area contributed by atoms with Crippen LogP contribution in [0.15, 0.2) is 24.5 Å². The maximum atomic E-state index is 12.2. The van der Waals surface area contributed by atoms with E-state index in [4.69, 9.17) is 4.74 Å². The number of fused-ring (bicyclic) bond motifs is 1. The average molecular weight is 455 g/mol. The number of aromatic nitrogens is 2. The lowest BCUT2D eigenvalue weighted by Gasteiger charge is -2.35. The normalized spacial score (nSPS) is 17.7. The number of ether oxygens (including phenoxy) is 1. The third kappa shape index (κ3) is 4.27. The zero-order chi connectivity index (χ0) is 18.2. The van der Waals surface area contributed by atoms with E-state index in [1.54, 1.807) is 0 Å². The summed E-state index contributed by atoms with van der Waals surface area (Å²) < 4.78 is 8.58. The zero-order valence-electron chi connectivity index (χ0n) is 15.3. The lowest BCUT2D eigenvalue weighted by Crippen LogP contribution is -2.42. The highest BCUT2D eigenvalue weighted by Crippen LogP contribution is 2.33. The van der Waals surface area contributed by atoms with Crippen LogP contribution >= 0.6 is 22.6 Å². The predicted octanol–water partition coefficient (Wildman–Crippen LogP) is 4.69. The molecule has 3 heterocycles. The number of rotatable bonds is 2. The minimum atomic E-state index is -0.432. The van der Waals surface area contributed by atoms with Crippen LogP contribution in [0, 0.1) is 9.49 Å². The topological polar surface area (TPSA) is 46.8 Å². The van der Waals surface area contributed by atoms with E-state index >= 15 is 0 Å². The molecule has 0 bridgehead atoms. The van der Waals surface area contributed by atoms with Gasteiger partial charge in [0, 0.05) is 19.3 Å². The molecule has 1 aliphatic rings. The maximum Gasteiger partial charge on any atom is 0.410 e. The highest BCUT2D eigenvalue weighted by Gasteiger charge is 2.29. The van der Waals surface area contributed by atoms with Gasteiger partial charge in [-0.2, -0.15) is 5.10 Å². The Morgan fingerprint density at radius 3 is 2.68 bits per heavy atom. The number of pyridine rings is 1. The number of piperidine rings is 1. The predicted molar refractivity (Wildman–Crippen MR) is 107 cm³/mol. The van der Waals surface area contributed by atoms with Crippen LogP contribution in [0.25, 0.3) is 5.52 Å². The summed E-state index contributed by atoms with van der Waals surface area (Å²) in [5.74, 6) is 1.05. The second-order valence-electron chi connectivity index (χ2n) is 7.88. The molecule has 0 aliphatic carbocycles. The number of carbonyl (C=O) groups is 1.